The summed E-state index contributed by atoms with van der Waals surface area (Å²) >= 11 is 7.33. The summed E-state index contributed by atoms with van der Waals surface area (Å²) in [5.74, 6) is -0.224. The standard InChI is InChI=1S/C17H20ClN3OS/c1-4-21(5-2)14-8-6-13(7-9-14)17(22)20-19-12(3)15-10-11-16(18)23-15/h6-11H,4-5H2,1-3H3,(H,20,22)/b19-12-. The van der Waals surface area contributed by atoms with E-state index in [0.717, 1.165) is 29.4 Å². The summed E-state index contributed by atoms with van der Waals surface area (Å²) in [6, 6.07) is 11.2. The van der Waals surface area contributed by atoms with Crippen molar-refractivity contribution in [3.63, 3.8) is 0 Å². The summed E-state index contributed by atoms with van der Waals surface area (Å²) in [6.45, 7) is 7.94. The number of benzene rings is 1. The molecule has 0 atom stereocenters. The molecule has 2 aromatic rings. The van der Waals surface area contributed by atoms with E-state index in [4.69, 9.17) is 11.6 Å². The van der Waals surface area contributed by atoms with Gasteiger partial charge in [-0.3, -0.25) is 4.79 Å². The lowest BCUT2D eigenvalue weighted by Crippen LogP contribution is -2.22. The number of anilines is 1. The Hall–Kier alpha value is -1.85. The van der Waals surface area contributed by atoms with Gasteiger partial charge in [-0.15, -0.1) is 11.3 Å². The molecule has 0 radical (unpaired) electrons. The highest BCUT2D eigenvalue weighted by atomic mass is 35.5. The van der Waals surface area contributed by atoms with Gasteiger partial charge in [0.15, 0.2) is 0 Å². The van der Waals surface area contributed by atoms with Crippen molar-refractivity contribution in [1.29, 1.82) is 0 Å². The number of nitrogens with one attached hydrogen (secondary N) is 1. The minimum Gasteiger partial charge on any atom is -0.372 e. The van der Waals surface area contributed by atoms with Crippen LogP contribution in [0.2, 0.25) is 4.34 Å². The van der Waals surface area contributed by atoms with E-state index in [-0.39, 0.29) is 5.91 Å². The van der Waals surface area contributed by atoms with E-state index in [2.05, 4.69) is 29.3 Å². The summed E-state index contributed by atoms with van der Waals surface area (Å²) in [5, 5.41) is 4.13. The van der Waals surface area contributed by atoms with Crippen LogP contribution in [0.1, 0.15) is 36.0 Å². The Morgan fingerprint density at radius 1 is 1.17 bits per heavy atom. The molecule has 122 valence electrons. The van der Waals surface area contributed by atoms with E-state index in [1.807, 2.05) is 43.3 Å². The first kappa shape index (κ1) is 17.5. The average molecular weight is 350 g/mol. The molecule has 0 aliphatic carbocycles. The van der Waals surface area contributed by atoms with Crippen LogP contribution in [0.4, 0.5) is 5.69 Å². The normalized spacial score (nSPS) is 11.4. The minimum atomic E-state index is -0.224. The lowest BCUT2D eigenvalue weighted by Gasteiger charge is -2.20. The molecule has 1 amide bonds. The number of carbonyl (C=O) groups excluding carboxylic acids is 1. The Kier molecular flexibility index (Phi) is 6.19. The Labute approximate surface area is 145 Å². The van der Waals surface area contributed by atoms with E-state index in [0.29, 0.717) is 9.90 Å². The molecule has 0 saturated carbocycles. The SMILES string of the molecule is CCN(CC)c1ccc(C(=O)N/N=C(/C)c2ccc(Cl)s2)cc1. The van der Waals surface area contributed by atoms with Gasteiger partial charge in [-0.25, -0.2) is 5.43 Å². The highest BCUT2D eigenvalue weighted by Crippen LogP contribution is 2.21. The van der Waals surface area contributed by atoms with Crippen LogP contribution in [0, 0.1) is 0 Å². The van der Waals surface area contributed by atoms with Crippen molar-refractivity contribution in [1.82, 2.24) is 5.43 Å². The molecule has 0 aliphatic heterocycles. The minimum absolute atomic E-state index is 0.224. The van der Waals surface area contributed by atoms with E-state index < -0.39 is 0 Å². The van der Waals surface area contributed by atoms with E-state index in [9.17, 15) is 4.79 Å². The second kappa shape index (κ2) is 8.13. The van der Waals surface area contributed by atoms with E-state index in [1.54, 1.807) is 0 Å². The van der Waals surface area contributed by atoms with Crippen LogP contribution >= 0.6 is 22.9 Å². The molecule has 0 unspecified atom stereocenters. The molecule has 1 aromatic heterocycles. The third kappa shape index (κ3) is 4.56. The van der Waals surface area contributed by atoms with Crippen molar-refractivity contribution in [3.05, 3.63) is 51.2 Å². The van der Waals surface area contributed by atoms with Crippen LogP contribution in [0.25, 0.3) is 0 Å². The smallest absolute Gasteiger partial charge is 0.271 e. The molecule has 0 saturated heterocycles. The van der Waals surface area contributed by atoms with Crippen molar-refractivity contribution in [2.75, 3.05) is 18.0 Å². The zero-order chi connectivity index (χ0) is 16.8. The third-order valence-electron chi connectivity index (χ3n) is 3.51. The first-order valence-corrected chi connectivity index (χ1v) is 8.70. The van der Waals surface area contributed by atoms with Crippen LogP contribution in [0.15, 0.2) is 41.5 Å². The summed E-state index contributed by atoms with van der Waals surface area (Å²) in [7, 11) is 0. The van der Waals surface area contributed by atoms with Crippen molar-refractivity contribution in [2.24, 2.45) is 5.10 Å². The molecule has 0 aliphatic rings. The Morgan fingerprint density at radius 3 is 2.35 bits per heavy atom. The fourth-order valence-electron chi connectivity index (χ4n) is 2.18. The van der Waals surface area contributed by atoms with Gasteiger partial charge in [-0.05, 0) is 57.2 Å². The van der Waals surface area contributed by atoms with Gasteiger partial charge >= 0.3 is 0 Å². The number of amides is 1. The van der Waals surface area contributed by atoms with Crippen LogP contribution in [0.3, 0.4) is 0 Å². The molecule has 23 heavy (non-hydrogen) atoms. The molecule has 0 bridgehead atoms. The zero-order valence-electron chi connectivity index (χ0n) is 13.5. The maximum Gasteiger partial charge on any atom is 0.271 e. The fraction of sp³-hybridized carbons (Fsp3) is 0.294. The van der Waals surface area contributed by atoms with Crippen molar-refractivity contribution < 1.29 is 4.79 Å². The van der Waals surface area contributed by atoms with Gasteiger partial charge in [0.05, 0.1) is 14.9 Å². The van der Waals surface area contributed by atoms with E-state index in [1.165, 1.54) is 11.3 Å². The number of rotatable bonds is 6. The lowest BCUT2D eigenvalue weighted by atomic mass is 10.2. The zero-order valence-corrected chi connectivity index (χ0v) is 15.0. The molecule has 4 nitrogen and oxygen atoms in total. The van der Waals surface area contributed by atoms with Crippen LogP contribution < -0.4 is 10.3 Å². The number of hydrazone groups is 1. The molecule has 6 heteroatoms. The van der Waals surface area contributed by atoms with Gasteiger partial charge in [-0.1, -0.05) is 11.6 Å². The van der Waals surface area contributed by atoms with Gasteiger partial charge in [-0.2, -0.15) is 5.10 Å². The van der Waals surface area contributed by atoms with E-state index >= 15 is 0 Å². The van der Waals surface area contributed by atoms with Gasteiger partial charge in [0.25, 0.3) is 5.91 Å². The van der Waals surface area contributed by atoms with Gasteiger partial charge in [0.2, 0.25) is 0 Å². The quantitative estimate of drug-likeness (QED) is 0.620. The molecule has 1 N–H and O–H groups in total. The van der Waals surface area contributed by atoms with Crippen molar-refractivity contribution in [3.8, 4) is 0 Å². The number of hydrogen-bond acceptors (Lipinski definition) is 4. The number of thiophene rings is 1. The molecule has 0 spiro atoms. The largest absolute Gasteiger partial charge is 0.372 e. The van der Waals surface area contributed by atoms with Gasteiger partial charge < -0.3 is 4.90 Å². The molecule has 2 rings (SSSR count). The molecular formula is C17H20ClN3OS. The van der Waals surface area contributed by atoms with Crippen LogP contribution in [-0.2, 0) is 0 Å². The third-order valence-corrected chi connectivity index (χ3v) is 4.85. The average Bonchev–Trinajstić information content (AvgIpc) is 3.00. The number of nitrogens with zero attached hydrogens (tertiary/aromatic N) is 2. The van der Waals surface area contributed by atoms with Crippen molar-refractivity contribution in [2.45, 2.75) is 20.8 Å². The molecule has 1 aromatic carbocycles. The van der Waals surface area contributed by atoms with Gasteiger partial charge in [0, 0.05) is 24.3 Å². The topological polar surface area (TPSA) is 44.7 Å². The summed E-state index contributed by atoms with van der Waals surface area (Å²) in [4.78, 5) is 15.3. The second-order valence-corrected chi connectivity index (χ2v) is 6.68. The molecule has 1 heterocycles. The predicted molar refractivity (Wildman–Crippen MR) is 99.0 cm³/mol. The fourth-order valence-corrected chi connectivity index (χ4v) is 3.16. The number of carbonyl (C=O) groups is 1. The Morgan fingerprint density at radius 2 is 1.83 bits per heavy atom. The highest BCUT2D eigenvalue weighted by Gasteiger charge is 2.07. The summed E-state index contributed by atoms with van der Waals surface area (Å²) < 4.78 is 0.702. The molecule has 0 fully saturated rings. The maximum absolute atomic E-state index is 12.2. The van der Waals surface area contributed by atoms with Crippen LogP contribution in [0.5, 0.6) is 0 Å². The lowest BCUT2D eigenvalue weighted by molar-refractivity contribution is 0.0955. The van der Waals surface area contributed by atoms with Crippen molar-refractivity contribution >= 4 is 40.2 Å². The molecular weight excluding hydrogens is 330 g/mol. The number of hydrogen-bond donors (Lipinski definition) is 1. The second-order valence-electron chi connectivity index (χ2n) is 4.96. The monoisotopic (exact) mass is 349 g/mol. The maximum atomic E-state index is 12.2. The highest BCUT2D eigenvalue weighted by molar-refractivity contribution is 7.18. The Bertz CT molecular complexity index is 690. The first-order valence-electron chi connectivity index (χ1n) is 7.50. The first-order chi connectivity index (χ1) is 11.0. The number of halogens is 1. The summed E-state index contributed by atoms with van der Waals surface area (Å²) in [5.41, 5.74) is 5.01. The summed E-state index contributed by atoms with van der Waals surface area (Å²) in [6.07, 6.45) is 0. The van der Waals surface area contributed by atoms with Crippen LogP contribution in [-0.4, -0.2) is 24.7 Å². The predicted octanol–water partition coefficient (Wildman–Crippen LogP) is 4.40. The Balaban J connectivity index is 2.03. The van der Waals surface area contributed by atoms with Gasteiger partial charge in [0.1, 0.15) is 0 Å².